The summed E-state index contributed by atoms with van der Waals surface area (Å²) in [7, 11) is -0.366. The van der Waals surface area contributed by atoms with E-state index in [2.05, 4.69) is 26.8 Å². The maximum Gasteiger partial charge on any atom is 0.317 e. The van der Waals surface area contributed by atoms with E-state index < -0.39 is 25.8 Å². The van der Waals surface area contributed by atoms with Crippen LogP contribution in [-0.4, -0.2) is 32.6 Å². The van der Waals surface area contributed by atoms with Crippen molar-refractivity contribution in [1.82, 2.24) is 0 Å². The summed E-state index contributed by atoms with van der Waals surface area (Å²) in [5, 5.41) is 10.3. The molecule has 0 aliphatic heterocycles. The fourth-order valence-electron chi connectivity index (χ4n) is 3.89. The van der Waals surface area contributed by atoms with Gasteiger partial charge in [-0.25, -0.2) is 0 Å². The van der Waals surface area contributed by atoms with Crippen LogP contribution in [-0.2, 0) is 14.6 Å². The Kier molecular flexibility index (Phi) is 6.46. The van der Waals surface area contributed by atoms with Gasteiger partial charge >= 0.3 is 5.97 Å². The number of carboxylic acid groups (broad SMARTS) is 1. The highest BCUT2D eigenvalue weighted by molar-refractivity contribution is 6.73. The van der Waals surface area contributed by atoms with Crippen molar-refractivity contribution >= 4 is 14.3 Å². The lowest BCUT2D eigenvalue weighted by molar-refractivity contribution is -0.148. The van der Waals surface area contributed by atoms with Crippen LogP contribution in [0.15, 0.2) is 36.4 Å². The summed E-state index contributed by atoms with van der Waals surface area (Å²) in [5.41, 5.74) is -0.385. The number of methoxy groups -OCH3 is 1. The van der Waals surface area contributed by atoms with Gasteiger partial charge in [0, 0.05) is 5.56 Å². The maximum atomic E-state index is 12.6. The quantitative estimate of drug-likeness (QED) is 0.535. The molecule has 1 aromatic carbocycles. The lowest BCUT2D eigenvalue weighted by Crippen LogP contribution is -2.53. The molecule has 4 nitrogen and oxygen atoms in total. The zero-order valence-electron chi connectivity index (χ0n) is 15.7. The average molecular weight is 363 g/mol. The molecule has 0 saturated heterocycles. The Morgan fingerprint density at radius 3 is 2.44 bits per heavy atom. The summed E-state index contributed by atoms with van der Waals surface area (Å²) in [5.74, 6) is -0.219. The van der Waals surface area contributed by atoms with E-state index in [0.717, 1.165) is 24.6 Å². The summed E-state index contributed by atoms with van der Waals surface area (Å²) >= 11 is 0. The number of hydrogen-bond acceptors (Lipinski definition) is 3. The first-order chi connectivity index (χ1) is 12.0. The normalized spacial score (nSPS) is 23.4. The van der Waals surface area contributed by atoms with Gasteiger partial charge in [-0.1, -0.05) is 51.1 Å². The van der Waals surface area contributed by atoms with Crippen molar-refractivity contribution < 1.29 is 19.1 Å². The van der Waals surface area contributed by atoms with E-state index in [9.17, 15) is 9.90 Å². The smallest absolute Gasteiger partial charge is 0.317 e. The molecule has 0 bridgehead atoms. The Morgan fingerprint density at radius 1 is 1.24 bits per heavy atom. The number of ether oxygens (including phenoxy) is 1. The lowest BCUT2D eigenvalue weighted by Gasteiger charge is -2.43. The van der Waals surface area contributed by atoms with Gasteiger partial charge in [-0.3, -0.25) is 4.79 Å². The predicted molar refractivity (Wildman–Crippen MR) is 103 cm³/mol. The van der Waals surface area contributed by atoms with E-state index in [-0.39, 0.29) is 0 Å². The van der Waals surface area contributed by atoms with E-state index >= 15 is 0 Å². The minimum absolute atomic E-state index is 0.457. The van der Waals surface area contributed by atoms with Gasteiger partial charge in [0.2, 0.25) is 0 Å². The van der Waals surface area contributed by atoms with Gasteiger partial charge in [-0.2, -0.15) is 0 Å². The number of carboxylic acids is 1. The number of rotatable bonds is 8. The molecule has 0 spiro atoms. The first kappa shape index (κ1) is 19.7. The molecule has 2 rings (SSSR count). The van der Waals surface area contributed by atoms with Crippen molar-refractivity contribution in [3.05, 3.63) is 42.0 Å². The van der Waals surface area contributed by atoms with Crippen molar-refractivity contribution in [3.8, 4) is 5.75 Å². The molecule has 2 atom stereocenters. The van der Waals surface area contributed by atoms with E-state index in [1.807, 2.05) is 30.3 Å². The van der Waals surface area contributed by atoms with Crippen LogP contribution in [0.2, 0.25) is 18.1 Å². The van der Waals surface area contributed by atoms with E-state index in [4.69, 9.17) is 9.16 Å². The Morgan fingerprint density at radius 2 is 1.88 bits per heavy atom. The van der Waals surface area contributed by atoms with Gasteiger partial charge < -0.3 is 14.3 Å². The van der Waals surface area contributed by atoms with Crippen LogP contribution in [0.5, 0.6) is 5.75 Å². The molecule has 0 saturated carbocycles. The molecular formula is C20H30O4Si. The van der Waals surface area contributed by atoms with Crippen molar-refractivity contribution in [2.75, 3.05) is 7.11 Å². The predicted octanol–water partition coefficient (Wildman–Crippen LogP) is 4.76. The van der Waals surface area contributed by atoms with Crippen LogP contribution < -0.4 is 4.74 Å². The second-order valence-electron chi connectivity index (χ2n) is 6.73. The van der Waals surface area contributed by atoms with Crippen molar-refractivity contribution in [2.45, 2.75) is 63.3 Å². The van der Waals surface area contributed by atoms with Gasteiger partial charge in [0.25, 0.3) is 0 Å². The molecule has 0 aromatic heterocycles. The van der Waals surface area contributed by atoms with Gasteiger partial charge in [-0.15, -0.1) is 0 Å². The molecule has 0 fully saturated rings. The summed E-state index contributed by atoms with van der Waals surface area (Å²) in [6, 6.07) is 10.4. The third-order valence-electron chi connectivity index (χ3n) is 5.78. The molecule has 1 aromatic rings. The Bertz CT molecular complexity index is 616. The minimum Gasteiger partial charge on any atom is -0.496 e. The minimum atomic E-state index is -1.96. The number of para-hydroxylation sites is 1. The molecule has 25 heavy (non-hydrogen) atoms. The van der Waals surface area contributed by atoms with Crippen LogP contribution in [0.4, 0.5) is 0 Å². The molecule has 1 aliphatic carbocycles. The second-order valence-corrected chi connectivity index (χ2v) is 11.4. The standard InChI is InChI=1S/C20H30O4Si/c1-5-25(6-2,7-3)24-18-14-10-11-15-20(18,19(21)22)16-12-8-9-13-17(16)23-4/h8-10,12-14,18H,5-7,11,15H2,1-4H3,(H,21,22). The molecule has 2 unspecified atom stereocenters. The fraction of sp³-hybridized carbons (Fsp3) is 0.550. The second kappa shape index (κ2) is 8.19. The number of allylic oxidation sites excluding steroid dienone is 1. The molecule has 5 heteroatoms. The first-order valence-electron chi connectivity index (χ1n) is 9.21. The van der Waals surface area contributed by atoms with Crippen molar-refractivity contribution in [3.63, 3.8) is 0 Å². The summed E-state index contributed by atoms with van der Waals surface area (Å²) in [4.78, 5) is 12.6. The Labute approximate surface area is 152 Å². The highest BCUT2D eigenvalue weighted by Gasteiger charge is 2.51. The largest absolute Gasteiger partial charge is 0.496 e. The molecule has 0 radical (unpaired) electrons. The third kappa shape index (κ3) is 3.53. The first-order valence-corrected chi connectivity index (χ1v) is 11.7. The van der Waals surface area contributed by atoms with Crippen LogP contribution >= 0.6 is 0 Å². The van der Waals surface area contributed by atoms with E-state index in [1.54, 1.807) is 7.11 Å². The fourth-order valence-corrected chi connectivity index (χ4v) is 6.71. The maximum absolute atomic E-state index is 12.6. The highest BCUT2D eigenvalue weighted by atomic mass is 28.4. The lowest BCUT2D eigenvalue weighted by atomic mass is 9.69. The Hall–Kier alpha value is -1.59. The molecule has 0 heterocycles. The summed E-state index contributed by atoms with van der Waals surface area (Å²) in [6.07, 6.45) is 4.81. The molecular weight excluding hydrogens is 332 g/mol. The highest BCUT2D eigenvalue weighted by Crippen LogP contribution is 2.44. The van der Waals surface area contributed by atoms with E-state index in [1.165, 1.54) is 0 Å². The van der Waals surface area contributed by atoms with Gasteiger partial charge in [-0.05, 0) is 37.0 Å². The SMILES string of the molecule is CC[Si](CC)(CC)OC1C=CCCC1(C(=O)O)c1ccccc1OC. The number of hydrogen-bond donors (Lipinski definition) is 1. The average Bonchev–Trinajstić information content (AvgIpc) is 2.66. The van der Waals surface area contributed by atoms with Crippen LogP contribution in [0.1, 0.15) is 39.2 Å². The summed E-state index contributed by atoms with van der Waals surface area (Å²) < 4.78 is 12.2. The van der Waals surface area contributed by atoms with Crippen LogP contribution in [0, 0.1) is 0 Å². The number of aliphatic carboxylic acids is 1. The van der Waals surface area contributed by atoms with Gasteiger partial charge in [0.1, 0.15) is 11.2 Å². The zero-order valence-corrected chi connectivity index (χ0v) is 16.7. The van der Waals surface area contributed by atoms with Gasteiger partial charge in [0.15, 0.2) is 8.32 Å². The van der Waals surface area contributed by atoms with Crippen molar-refractivity contribution in [2.24, 2.45) is 0 Å². The Balaban J connectivity index is 2.58. The monoisotopic (exact) mass is 362 g/mol. The topological polar surface area (TPSA) is 55.8 Å². The number of benzene rings is 1. The van der Waals surface area contributed by atoms with Crippen LogP contribution in [0.3, 0.4) is 0 Å². The summed E-state index contributed by atoms with van der Waals surface area (Å²) in [6.45, 7) is 6.49. The zero-order chi connectivity index (χ0) is 18.5. The molecule has 0 amide bonds. The van der Waals surface area contributed by atoms with Gasteiger partial charge in [0.05, 0.1) is 13.2 Å². The number of carbonyl (C=O) groups is 1. The third-order valence-corrected chi connectivity index (χ3v) is 10.4. The van der Waals surface area contributed by atoms with Crippen molar-refractivity contribution in [1.29, 1.82) is 0 Å². The molecule has 138 valence electrons. The molecule has 1 aliphatic rings. The van der Waals surface area contributed by atoms with E-state index in [0.29, 0.717) is 17.7 Å². The molecule has 1 N–H and O–H groups in total. The van der Waals surface area contributed by atoms with Crippen LogP contribution in [0.25, 0.3) is 0 Å².